The third-order valence-corrected chi connectivity index (χ3v) is 3.72. The normalized spacial score (nSPS) is 19.3. The fraction of sp³-hybridized carbons (Fsp3) is 0.455. The van der Waals surface area contributed by atoms with Gasteiger partial charge in [-0.15, -0.1) is 11.3 Å². The van der Waals surface area contributed by atoms with Crippen molar-refractivity contribution in [2.24, 2.45) is 5.84 Å². The number of ether oxygens (including phenoxy) is 2. The summed E-state index contributed by atoms with van der Waals surface area (Å²) in [5.41, 5.74) is 2.47. The first-order valence-electron chi connectivity index (χ1n) is 5.75. The highest BCUT2D eigenvalue weighted by atomic mass is 32.1. The number of aromatic nitrogens is 2. The van der Waals surface area contributed by atoms with Gasteiger partial charge in [-0.25, -0.2) is 10.8 Å². The van der Waals surface area contributed by atoms with Crippen molar-refractivity contribution < 1.29 is 9.47 Å². The summed E-state index contributed by atoms with van der Waals surface area (Å²) in [5.74, 6) is 6.32. The minimum atomic E-state index is 0.0638. The van der Waals surface area contributed by atoms with Crippen molar-refractivity contribution in [3.8, 4) is 5.88 Å². The van der Waals surface area contributed by atoms with Crippen molar-refractivity contribution in [2.45, 2.75) is 19.4 Å². The number of nitrogen functional groups attached to an aromatic ring is 1. The second-order valence-corrected chi connectivity index (χ2v) is 5.41. The molecule has 96 valence electrons. The summed E-state index contributed by atoms with van der Waals surface area (Å²) >= 11 is 1.60. The number of hydrogen-bond donors (Lipinski definition) is 2. The highest BCUT2D eigenvalue weighted by Crippen LogP contribution is 2.31. The molecule has 6 nitrogen and oxygen atoms in total. The van der Waals surface area contributed by atoms with Gasteiger partial charge in [0.25, 0.3) is 0 Å². The van der Waals surface area contributed by atoms with Crippen LogP contribution in [0.4, 0.5) is 5.95 Å². The van der Waals surface area contributed by atoms with Gasteiger partial charge in [0, 0.05) is 11.3 Å². The van der Waals surface area contributed by atoms with Crippen LogP contribution in [0.2, 0.25) is 0 Å². The molecule has 0 spiro atoms. The quantitative estimate of drug-likeness (QED) is 0.646. The molecule has 0 bridgehead atoms. The number of nitrogens with two attached hydrogens (primary N) is 1. The molecular formula is C11H14N4O2S. The van der Waals surface area contributed by atoms with E-state index in [9.17, 15) is 0 Å². The van der Waals surface area contributed by atoms with Gasteiger partial charge in [0.05, 0.1) is 18.6 Å². The van der Waals surface area contributed by atoms with Crippen molar-refractivity contribution in [2.75, 3.05) is 18.6 Å². The second-order valence-electron chi connectivity index (χ2n) is 4.18. The highest BCUT2D eigenvalue weighted by molar-refractivity contribution is 7.18. The first-order valence-corrected chi connectivity index (χ1v) is 6.57. The summed E-state index contributed by atoms with van der Waals surface area (Å²) < 4.78 is 11.2. The number of aryl methyl sites for hydroxylation is 1. The van der Waals surface area contributed by atoms with Gasteiger partial charge < -0.3 is 9.47 Å². The van der Waals surface area contributed by atoms with Crippen molar-refractivity contribution >= 4 is 27.5 Å². The van der Waals surface area contributed by atoms with E-state index in [1.54, 1.807) is 11.3 Å². The van der Waals surface area contributed by atoms with Crippen molar-refractivity contribution in [3.63, 3.8) is 0 Å². The summed E-state index contributed by atoms with van der Waals surface area (Å²) in [5, 5.41) is 0.934. The SMILES string of the molecule is Cc1cc2c(OC3CCOC3)nc(NN)nc2s1. The largest absolute Gasteiger partial charge is 0.471 e. The topological polar surface area (TPSA) is 82.3 Å². The van der Waals surface area contributed by atoms with Crippen LogP contribution in [0.1, 0.15) is 11.3 Å². The standard InChI is InChI=1S/C11H14N4O2S/c1-6-4-8-9(17-7-2-3-16-5-7)13-11(15-12)14-10(8)18-6/h4,7H,2-3,5,12H2,1H3,(H,13,14,15). The van der Waals surface area contributed by atoms with Crippen LogP contribution in [0.25, 0.3) is 10.2 Å². The van der Waals surface area contributed by atoms with E-state index in [0.29, 0.717) is 18.4 Å². The summed E-state index contributed by atoms with van der Waals surface area (Å²) in [6.07, 6.45) is 0.953. The van der Waals surface area contributed by atoms with Gasteiger partial charge in [-0.3, -0.25) is 5.43 Å². The molecule has 0 saturated carbocycles. The molecule has 1 saturated heterocycles. The molecule has 2 aromatic heterocycles. The Hall–Kier alpha value is -1.44. The van der Waals surface area contributed by atoms with E-state index in [1.807, 2.05) is 13.0 Å². The molecular weight excluding hydrogens is 252 g/mol. The number of thiophene rings is 1. The smallest absolute Gasteiger partial charge is 0.241 e. The predicted molar refractivity (Wildman–Crippen MR) is 69.8 cm³/mol. The van der Waals surface area contributed by atoms with Crippen LogP contribution >= 0.6 is 11.3 Å². The maximum Gasteiger partial charge on any atom is 0.241 e. The minimum Gasteiger partial charge on any atom is -0.471 e. The van der Waals surface area contributed by atoms with E-state index in [-0.39, 0.29) is 6.10 Å². The molecule has 1 fully saturated rings. The Bertz CT molecular complexity index is 565. The zero-order chi connectivity index (χ0) is 12.5. The highest BCUT2D eigenvalue weighted by Gasteiger charge is 2.20. The van der Waals surface area contributed by atoms with Gasteiger partial charge in [0.1, 0.15) is 10.9 Å². The van der Waals surface area contributed by atoms with E-state index in [0.717, 1.165) is 23.2 Å². The van der Waals surface area contributed by atoms with Gasteiger partial charge in [0.15, 0.2) is 0 Å². The molecule has 1 atom stereocenters. The predicted octanol–water partition coefficient (Wildman–Crippen LogP) is 1.45. The lowest BCUT2D eigenvalue weighted by Crippen LogP contribution is -2.18. The van der Waals surface area contributed by atoms with E-state index in [4.69, 9.17) is 15.3 Å². The van der Waals surface area contributed by atoms with E-state index in [1.165, 1.54) is 4.88 Å². The zero-order valence-corrected chi connectivity index (χ0v) is 10.8. The summed E-state index contributed by atoms with van der Waals surface area (Å²) in [7, 11) is 0. The van der Waals surface area contributed by atoms with Gasteiger partial charge >= 0.3 is 0 Å². The molecule has 0 aromatic carbocycles. The zero-order valence-electron chi connectivity index (χ0n) is 9.97. The number of hydrogen-bond acceptors (Lipinski definition) is 7. The van der Waals surface area contributed by atoms with Gasteiger partial charge in [-0.1, -0.05) is 0 Å². The molecule has 1 aliphatic heterocycles. The van der Waals surface area contributed by atoms with Crippen LogP contribution in [0.15, 0.2) is 6.07 Å². The van der Waals surface area contributed by atoms with Crippen LogP contribution in [0.3, 0.4) is 0 Å². The molecule has 7 heteroatoms. The van der Waals surface area contributed by atoms with E-state index >= 15 is 0 Å². The summed E-state index contributed by atoms with van der Waals surface area (Å²) in [4.78, 5) is 10.6. The van der Waals surface area contributed by atoms with Gasteiger partial charge in [0.2, 0.25) is 11.8 Å². The Morgan fingerprint density at radius 2 is 2.44 bits per heavy atom. The van der Waals surface area contributed by atoms with E-state index in [2.05, 4.69) is 15.4 Å². The lowest BCUT2D eigenvalue weighted by atomic mass is 10.3. The first-order chi connectivity index (χ1) is 8.76. The summed E-state index contributed by atoms with van der Waals surface area (Å²) in [6.45, 7) is 3.38. The molecule has 3 N–H and O–H groups in total. The molecule has 18 heavy (non-hydrogen) atoms. The fourth-order valence-electron chi connectivity index (χ4n) is 1.93. The van der Waals surface area contributed by atoms with Crippen LogP contribution in [0.5, 0.6) is 5.88 Å². The Balaban J connectivity index is 2.01. The molecule has 3 heterocycles. The number of nitrogens with zero attached hydrogens (tertiary/aromatic N) is 2. The van der Waals surface area contributed by atoms with E-state index < -0.39 is 0 Å². The number of fused-ring (bicyclic) bond motifs is 1. The number of rotatable bonds is 3. The Labute approximate surface area is 108 Å². The monoisotopic (exact) mass is 266 g/mol. The third-order valence-electron chi connectivity index (χ3n) is 2.78. The second kappa shape index (κ2) is 4.68. The maximum absolute atomic E-state index is 5.88. The first kappa shape index (κ1) is 11.6. The average Bonchev–Trinajstić information content (AvgIpc) is 2.97. The van der Waals surface area contributed by atoms with Crippen LogP contribution in [-0.2, 0) is 4.74 Å². The van der Waals surface area contributed by atoms with Crippen LogP contribution in [0, 0.1) is 6.92 Å². The number of nitrogens with one attached hydrogen (secondary N) is 1. The molecule has 0 amide bonds. The molecule has 0 radical (unpaired) electrons. The minimum absolute atomic E-state index is 0.0638. The fourth-order valence-corrected chi connectivity index (χ4v) is 2.80. The molecule has 0 aliphatic carbocycles. The molecule has 1 unspecified atom stereocenters. The van der Waals surface area contributed by atoms with Crippen molar-refractivity contribution in [1.82, 2.24) is 9.97 Å². The lowest BCUT2D eigenvalue weighted by molar-refractivity contribution is 0.139. The Morgan fingerprint density at radius 3 is 3.17 bits per heavy atom. The van der Waals surface area contributed by atoms with Crippen LogP contribution in [-0.4, -0.2) is 29.3 Å². The van der Waals surface area contributed by atoms with Crippen molar-refractivity contribution in [1.29, 1.82) is 0 Å². The molecule has 3 rings (SSSR count). The number of anilines is 1. The maximum atomic E-state index is 5.88. The number of hydrazine groups is 1. The summed E-state index contributed by atoms with van der Waals surface area (Å²) in [6, 6.07) is 2.03. The Morgan fingerprint density at radius 1 is 1.56 bits per heavy atom. The molecule has 2 aromatic rings. The molecule has 1 aliphatic rings. The lowest BCUT2D eigenvalue weighted by Gasteiger charge is -2.12. The van der Waals surface area contributed by atoms with Gasteiger partial charge in [-0.2, -0.15) is 4.98 Å². The Kier molecular flexibility index (Phi) is 3.02. The van der Waals surface area contributed by atoms with Crippen molar-refractivity contribution in [3.05, 3.63) is 10.9 Å². The third kappa shape index (κ3) is 2.12. The van der Waals surface area contributed by atoms with Gasteiger partial charge in [-0.05, 0) is 13.0 Å². The van der Waals surface area contributed by atoms with Crippen LogP contribution < -0.4 is 16.0 Å². The average molecular weight is 266 g/mol.